The van der Waals surface area contributed by atoms with Crippen LogP contribution in [0.4, 0.5) is 0 Å². The molecule has 0 amide bonds. The van der Waals surface area contributed by atoms with Gasteiger partial charge >= 0.3 is 23.9 Å². The molecule has 0 saturated carbocycles. The van der Waals surface area contributed by atoms with Gasteiger partial charge in [-0.1, -0.05) is 13.3 Å². The molecule has 1 atom stereocenters. The lowest BCUT2D eigenvalue weighted by Gasteiger charge is -2.36. The lowest BCUT2D eigenvalue weighted by molar-refractivity contribution is -0.158. The van der Waals surface area contributed by atoms with Gasteiger partial charge in [0.25, 0.3) is 0 Å². The molecule has 43 heavy (non-hydrogen) atoms. The minimum atomic E-state index is -0.894. The predicted molar refractivity (Wildman–Crippen MR) is 165 cm³/mol. The number of rotatable bonds is 10. The zero-order chi connectivity index (χ0) is 33.0. The summed E-state index contributed by atoms with van der Waals surface area (Å²) in [5, 5.41) is 10.1. The van der Waals surface area contributed by atoms with E-state index in [2.05, 4.69) is 0 Å². The number of hydrogen-bond donors (Lipinski definition) is 1. The van der Waals surface area contributed by atoms with Crippen LogP contribution in [0.1, 0.15) is 82.1 Å². The van der Waals surface area contributed by atoms with E-state index in [4.69, 9.17) is 14.2 Å². The molecule has 0 bridgehead atoms. The maximum atomic E-state index is 12.8. The van der Waals surface area contributed by atoms with Gasteiger partial charge in [-0.3, -0.25) is 38.8 Å². The van der Waals surface area contributed by atoms with Crippen molar-refractivity contribution in [2.75, 3.05) is 72.0 Å². The number of esters is 3. The summed E-state index contributed by atoms with van der Waals surface area (Å²) in [6.45, 7) is 22.0. The van der Waals surface area contributed by atoms with Crippen LogP contribution >= 0.6 is 0 Å². The Bertz CT molecular complexity index is 861. The monoisotopic (exact) mass is 614 g/mol. The molecular formula is C31H58N4O8. The standard InChI is InChI=1S/C31H58N4O8/c1-11-12-24(28(39)40)35-19-17-33(22-26(37)42-30(5,6)7)15-13-32(21-25(36)41-29(2,3)4)14-16-34(18-20-35)23-27(38)43-31(8,9)10/h24H,11-23H2,1-10H3,(H,39,40). The van der Waals surface area contributed by atoms with Gasteiger partial charge in [0.05, 0.1) is 19.6 Å². The van der Waals surface area contributed by atoms with E-state index in [1.54, 1.807) is 0 Å². The number of ether oxygens (including phenoxy) is 3. The smallest absolute Gasteiger partial charge is 0.320 e. The third kappa shape index (κ3) is 18.2. The van der Waals surface area contributed by atoms with Crippen LogP contribution in [0, 0.1) is 0 Å². The topological polar surface area (TPSA) is 129 Å². The second kappa shape index (κ2) is 17.3. The van der Waals surface area contributed by atoms with Crippen molar-refractivity contribution in [2.24, 2.45) is 0 Å². The molecule has 0 spiro atoms. The Hall–Kier alpha value is -2.28. The van der Waals surface area contributed by atoms with Gasteiger partial charge in [-0.05, 0) is 68.7 Å². The average molecular weight is 615 g/mol. The van der Waals surface area contributed by atoms with Crippen LogP contribution in [0.2, 0.25) is 0 Å². The summed E-state index contributed by atoms with van der Waals surface area (Å²) in [5.74, 6) is -1.98. The zero-order valence-electron chi connectivity index (χ0n) is 28.4. The second-order valence-electron chi connectivity index (χ2n) is 14.3. The highest BCUT2D eigenvalue weighted by molar-refractivity contribution is 5.74. The van der Waals surface area contributed by atoms with E-state index < -0.39 is 28.8 Å². The number of hydrogen-bond acceptors (Lipinski definition) is 11. The van der Waals surface area contributed by atoms with Gasteiger partial charge in [0.15, 0.2) is 0 Å². The minimum absolute atomic E-state index is 0.0433. The summed E-state index contributed by atoms with van der Waals surface area (Å²) >= 11 is 0. The fourth-order valence-electron chi connectivity index (χ4n) is 4.74. The van der Waals surface area contributed by atoms with Gasteiger partial charge in [-0.25, -0.2) is 0 Å². The van der Waals surface area contributed by atoms with Crippen molar-refractivity contribution < 1.29 is 38.5 Å². The van der Waals surface area contributed by atoms with Crippen molar-refractivity contribution in [3.05, 3.63) is 0 Å². The number of carbonyl (C=O) groups excluding carboxylic acids is 3. The molecule has 1 aliphatic rings. The molecule has 1 unspecified atom stereocenters. The first-order chi connectivity index (χ1) is 19.7. The minimum Gasteiger partial charge on any atom is -0.480 e. The first-order valence-electron chi connectivity index (χ1n) is 15.5. The van der Waals surface area contributed by atoms with Crippen molar-refractivity contribution in [3.63, 3.8) is 0 Å². The number of aliphatic carboxylic acids is 1. The largest absolute Gasteiger partial charge is 0.480 e. The van der Waals surface area contributed by atoms with Crippen LogP contribution in [0.15, 0.2) is 0 Å². The van der Waals surface area contributed by atoms with Crippen molar-refractivity contribution in [2.45, 2.75) is 105 Å². The SMILES string of the molecule is CCCC(C(=O)O)N1CCN(CC(=O)OC(C)(C)C)CCN(CC(=O)OC(C)(C)C)CCN(CC(=O)OC(C)(C)C)CC1. The van der Waals surface area contributed by atoms with Gasteiger partial charge in [-0.2, -0.15) is 0 Å². The molecule has 12 nitrogen and oxygen atoms in total. The molecule has 0 aromatic rings. The van der Waals surface area contributed by atoms with E-state index >= 15 is 0 Å². The number of carboxylic acids is 1. The second-order valence-corrected chi connectivity index (χ2v) is 14.3. The summed E-state index contributed by atoms with van der Waals surface area (Å²) in [4.78, 5) is 58.4. The van der Waals surface area contributed by atoms with Crippen molar-refractivity contribution >= 4 is 23.9 Å². The van der Waals surface area contributed by atoms with E-state index in [-0.39, 0.29) is 37.5 Å². The van der Waals surface area contributed by atoms with E-state index in [1.165, 1.54) is 0 Å². The molecule has 0 aromatic carbocycles. The molecule has 250 valence electrons. The van der Waals surface area contributed by atoms with Gasteiger partial charge in [0, 0.05) is 52.4 Å². The Morgan fingerprint density at radius 2 is 0.860 bits per heavy atom. The van der Waals surface area contributed by atoms with E-state index in [1.807, 2.05) is 88.8 Å². The molecule has 1 rings (SSSR count). The number of carboxylic acid groups (broad SMARTS) is 1. The highest BCUT2D eigenvalue weighted by Gasteiger charge is 2.29. The van der Waals surface area contributed by atoms with Crippen LogP contribution in [-0.4, -0.2) is 143 Å². The van der Waals surface area contributed by atoms with Crippen LogP contribution in [-0.2, 0) is 33.4 Å². The molecule has 1 aliphatic heterocycles. The molecule has 1 heterocycles. The highest BCUT2D eigenvalue weighted by atomic mass is 16.6. The zero-order valence-corrected chi connectivity index (χ0v) is 28.4. The Kier molecular flexibility index (Phi) is 15.6. The van der Waals surface area contributed by atoms with Gasteiger partial charge < -0.3 is 19.3 Å². The summed E-state index contributed by atoms with van der Waals surface area (Å²) < 4.78 is 16.7. The molecule has 0 radical (unpaired) electrons. The maximum Gasteiger partial charge on any atom is 0.320 e. The molecule has 1 N–H and O–H groups in total. The predicted octanol–water partition coefficient (Wildman–Crippen LogP) is 2.49. The van der Waals surface area contributed by atoms with Gasteiger partial charge in [-0.15, -0.1) is 0 Å². The normalized spacial score (nSPS) is 18.7. The average Bonchev–Trinajstić information content (AvgIpc) is 2.79. The lowest BCUT2D eigenvalue weighted by atomic mass is 10.1. The van der Waals surface area contributed by atoms with Crippen LogP contribution in [0.5, 0.6) is 0 Å². The fraction of sp³-hybridized carbons (Fsp3) is 0.871. The Balaban J connectivity index is 3.29. The summed E-state index contributed by atoms with van der Waals surface area (Å²) in [7, 11) is 0. The number of nitrogens with zero attached hydrogens (tertiary/aromatic N) is 4. The van der Waals surface area contributed by atoms with Crippen molar-refractivity contribution in [1.82, 2.24) is 19.6 Å². The quantitative estimate of drug-likeness (QED) is 0.287. The first-order valence-corrected chi connectivity index (χ1v) is 15.5. The van der Waals surface area contributed by atoms with E-state index in [9.17, 15) is 24.3 Å². The summed E-state index contributed by atoms with van der Waals surface area (Å²) in [6.07, 6.45) is 1.19. The Morgan fingerprint density at radius 1 is 0.581 bits per heavy atom. The van der Waals surface area contributed by atoms with Gasteiger partial charge in [0.2, 0.25) is 0 Å². The molecular weight excluding hydrogens is 556 g/mol. The summed E-state index contributed by atoms with van der Waals surface area (Å²) in [5.41, 5.74) is -1.89. The molecule has 1 saturated heterocycles. The molecule has 12 heteroatoms. The first kappa shape index (κ1) is 38.7. The van der Waals surface area contributed by atoms with Crippen LogP contribution < -0.4 is 0 Å². The fourth-order valence-corrected chi connectivity index (χ4v) is 4.74. The highest BCUT2D eigenvalue weighted by Crippen LogP contribution is 2.13. The van der Waals surface area contributed by atoms with Crippen molar-refractivity contribution in [3.8, 4) is 0 Å². The molecule has 0 aromatic heterocycles. The third-order valence-corrected chi connectivity index (χ3v) is 6.48. The Labute approximate surface area is 259 Å². The molecule has 1 fully saturated rings. The maximum absolute atomic E-state index is 12.8. The summed E-state index contributed by atoms with van der Waals surface area (Å²) in [6, 6.07) is -0.691. The van der Waals surface area contributed by atoms with Crippen molar-refractivity contribution in [1.29, 1.82) is 0 Å². The lowest BCUT2D eigenvalue weighted by Crippen LogP contribution is -2.52. The van der Waals surface area contributed by atoms with E-state index in [0.717, 1.165) is 0 Å². The Morgan fingerprint density at radius 3 is 1.09 bits per heavy atom. The van der Waals surface area contributed by atoms with E-state index in [0.29, 0.717) is 65.2 Å². The van der Waals surface area contributed by atoms with Crippen LogP contribution in [0.25, 0.3) is 0 Å². The third-order valence-electron chi connectivity index (χ3n) is 6.48. The number of carbonyl (C=O) groups is 4. The van der Waals surface area contributed by atoms with Crippen LogP contribution in [0.3, 0.4) is 0 Å². The molecule has 0 aliphatic carbocycles. The van der Waals surface area contributed by atoms with Gasteiger partial charge in [0.1, 0.15) is 22.8 Å².